The van der Waals surface area contributed by atoms with Crippen molar-refractivity contribution >= 4 is 27.3 Å². The van der Waals surface area contributed by atoms with E-state index in [2.05, 4.69) is 16.6 Å². The summed E-state index contributed by atoms with van der Waals surface area (Å²) in [5.41, 5.74) is 0.565. The Morgan fingerprint density at radius 2 is 1.71 bits per heavy atom. The molecule has 0 aliphatic rings. The van der Waals surface area contributed by atoms with Crippen molar-refractivity contribution in [2.24, 2.45) is 0 Å². The Kier molecular flexibility index (Phi) is 8.18. The van der Waals surface area contributed by atoms with Crippen LogP contribution in [0.15, 0.2) is 79.4 Å². The number of hydrogen-bond donors (Lipinski definition) is 2. The van der Waals surface area contributed by atoms with Crippen molar-refractivity contribution < 1.29 is 27.6 Å². The fourth-order valence-electron chi connectivity index (χ4n) is 3.01. The molecular weight excluding hydrogens is 474 g/mol. The number of carbonyl (C=O) groups excluding carboxylic acids is 1. The van der Waals surface area contributed by atoms with E-state index in [9.17, 15) is 23.3 Å². The molecule has 0 radical (unpaired) electrons. The highest BCUT2D eigenvalue weighted by Gasteiger charge is 2.19. The number of hydrogen-bond acceptors (Lipinski definition) is 7. The van der Waals surface area contributed by atoms with Crippen LogP contribution in [0.1, 0.15) is 15.9 Å². The van der Waals surface area contributed by atoms with Crippen LogP contribution in [-0.2, 0) is 15.8 Å². The van der Waals surface area contributed by atoms with E-state index in [0.717, 1.165) is 6.07 Å². The zero-order valence-electron chi connectivity index (χ0n) is 18.8. The molecule has 0 saturated heterocycles. The summed E-state index contributed by atoms with van der Waals surface area (Å²) in [5.74, 6) is 0.273. The second-order valence-electron chi connectivity index (χ2n) is 7.26. The number of ether oxygens (including phenoxy) is 2. The van der Waals surface area contributed by atoms with Gasteiger partial charge in [0.1, 0.15) is 17.2 Å². The summed E-state index contributed by atoms with van der Waals surface area (Å²) in [6.07, 6.45) is 1.44. The van der Waals surface area contributed by atoms with Crippen LogP contribution in [-0.4, -0.2) is 32.9 Å². The second-order valence-corrected chi connectivity index (χ2v) is 9.07. The number of methoxy groups -OCH3 is 1. The number of nitrogens with zero attached hydrogens (tertiary/aromatic N) is 1. The van der Waals surface area contributed by atoms with E-state index in [1.54, 1.807) is 36.4 Å². The molecule has 0 aliphatic heterocycles. The van der Waals surface area contributed by atoms with Gasteiger partial charge in [-0.3, -0.25) is 14.9 Å². The van der Waals surface area contributed by atoms with Crippen molar-refractivity contribution in [2.75, 3.05) is 19.0 Å². The van der Waals surface area contributed by atoms with Crippen molar-refractivity contribution in [3.8, 4) is 17.2 Å². The van der Waals surface area contributed by atoms with Gasteiger partial charge in [-0.1, -0.05) is 18.2 Å². The first-order valence-electron chi connectivity index (χ1n) is 10.3. The number of anilines is 1. The predicted octanol–water partition coefficient (Wildman–Crippen LogP) is 4.25. The molecule has 0 spiro atoms. The topological polar surface area (TPSA) is 137 Å². The molecular formula is C24H23N3O7S. The number of benzene rings is 3. The fraction of sp³-hybridized carbons (Fsp3) is 0.125. The first kappa shape index (κ1) is 25.4. The van der Waals surface area contributed by atoms with Gasteiger partial charge in [0.25, 0.3) is 11.6 Å². The molecule has 0 atom stereocenters. The van der Waals surface area contributed by atoms with Gasteiger partial charge in [-0.15, -0.1) is 6.58 Å². The first-order valence-corrected chi connectivity index (χ1v) is 11.9. The minimum atomic E-state index is -3.53. The lowest BCUT2D eigenvalue weighted by Crippen LogP contribution is -2.25. The van der Waals surface area contributed by atoms with Gasteiger partial charge < -0.3 is 14.8 Å². The van der Waals surface area contributed by atoms with E-state index in [1.807, 2.05) is 0 Å². The van der Waals surface area contributed by atoms with E-state index in [-0.39, 0.29) is 29.3 Å². The highest BCUT2D eigenvalue weighted by molar-refractivity contribution is 7.88. The van der Waals surface area contributed by atoms with Gasteiger partial charge in [0.2, 0.25) is 10.0 Å². The molecule has 0 bridgehead atoms. The first-order chi connectivity index (χ1) is 16.7. The normalized spacial score (nSPS) is 10.9. The van der Waals surface area contributed by atoms with Crippen LogP contribution < -0.4 is 19.5 Å². The molecule has 3 rings (SSSR count). The second kappa shape index (κ2) is 11.3. The Morgan fingerprint density at radius 1 is 1.06 bits per heavy atom. The number of non-ortho nitro benzene ring substituents is 1. The highest BCUT2D eigenvalue weighted by atomic mass is 32.2. The SMILES string of the molecule is C=CCNS(=O)(=O)Cc1ccc(NC(=O)c2cc([N+](=O)[O-])ccc2Oc2ccc(OC)cc2)cc1. The van der Waals surface area contributed by atoms with E-state index in [0.29, 0.717) is 22.7 Å². The maximum atomic E-state index is 13.0. The van der Waals surface area contributed by atoms with Gasteiger partial charge in [-0.25, -0.2) is 13.1 Å². The van der Waals surface area contributed by atoms with E-state index in [4.69, 9.17) is 9.47 Å². The van der Waals surface area contributed by atoms with Gasteiger partial charge in [0.15, 0.2) is 0 Å². The minimum Gasteiger partial charge on any atom is -0.497 e. The molecule has 1 amide bonds. The number of nitro groups is 1. The van der Waals surface area contributed by atoms with Crippen molar-refractivity contribution in [3.05, 3.63) is 101 Å². The van der Waals surface area contributed by atoms with Crippen LogP contribution in [0.5, 0.6) is 17.2 Å². The molecule has 35 heavy (non-hydrogen) atoms. The van der Waals surface area contributed by atoms with Crippen LogP contribution >= 0.6 is 0 Å². The number of rotatable bonds is 11. The average Bonchev–Trinajstić information content (AvgIpc) is 2.84. The molecule has 0 unspecified atom stereocenters. The molecule has 0 saturated carbocycles. The predicted molar refractivity (Wildman–Crippen MR) is 131 cm³/mol. The van der Waals surface area contributed by atoms with Gasteiger partial charge in [-0.05, 0) is 48.0 Å². The summed E-state index contributed by atoms with van der Waals surface area (Å²) < 4.78 is 37.3. The lowest BCUT2D eigenvalue weighted by Gasteiger charge is -2.12. The molecule has 2 N–H and O–H groups in total. The minimum absolute atomic E-state index is 0.0460. The summed E-state index contributed by atoms with van der Waals surface area (Å²) in [4.78, 5) is 23.6. The number of carbonyl (C=O) groups is 1. The zero-order chi connectivity index (χ0) is 25.4. The Labute approximate surface area is 202 Å². The lowest BCUT2D eigenvalue weighted by atomic mass is 10.1. The third kappa shape index (κ3) is 7.13. The summed E-state index contributed by atoms with van der Waals surface area (Å²) in [5, 5.41) is 13.9. The molecule has 10 nitrogen and oxygen atoms in total. The summed E-state index contributed by atoms with van der Waals surface area (Å²) in [6, 6.07) is 16.5. The Balaban J connectivity index is 1.80. The standard InChI is InChI=1S/C24H23N3O7S/c1-3-14-25-35(31,32)16-17-4-6-18(7-5-17)26-24(28)22-15-19(27(29)30)8-13-23(22)34-21-11-9-20(33-2)10-12-21/h3-13,15,25H,1,14,16H2,2H3,(H,26,28). The Morgan fingerprint density at radius 3 is 2.31 bits per heavy atom. The van der Waals surface area contributed by atoms with E-state index >= 15 is 0 Å². The summed E-state index contributed by atoms with van der Waals surface area (Å²) in [7, 11) is -2.00. The summed E-state index contributed by atoms with van der Waals surface area (Å²) >= 11 is 0. The fourth-order valence-corrected chi connectivity index (χ4v) is 4.11. The quantitative estimate of drug-likeness (QED) is 0.229. The zero-order valence-corrected chi connectivity index (χ0v) is 19.6. The molecule has 0 aromatic heterocycles. The smallest absolute Gasteiger partial charge is 0.270 e. The van der Waals surface area contributed by atoms with Crippen molar-refractivity contribution in [1.82, 2.24) is 4.72 Å². The molecule has 182 valence electrons. The van der Waals surface area contributed by atoms with Gasteiger partial charge >= 0.3 is 0 Å². The largest absolute Gasteiger partial charge is 0.497 e. The molecule has 3 aromatic rings. The Bertz CT molecular complexity index is 1320. The molecule has 11 heteroatoms. The lowest BCUT2D eigenvalue weighted by molar-refractivity contribution is -0.384. The highest BCUT2D eigenvalue weighted by Crippen LogP contribution is 2.30. The van der Waals surface area contributed by atoms with E-state index in [1.165, 1.54) is 37.5 Å². The number of sulfonamides is 1. The number of nitro benzene ring substituents is 1. The molecule has 0 aliphatic carbocycles. The maximum Gasteiger partial charge on any atom is 0.270 e. The molecule has 0 fully saturated rings. The van der Waals surface area contributed by atoms with Crippen molar-refractivity contribution in [1.29, 1.82) is 0 Å². The van der Waals surface area contributed by atoms with Gasteiger partial charge in [0, 0.05) is 24.4 Å². The van der Waals surface area contributed by atoms with Crippen LogP contribution in [0, 0.1) is 10.1 Å². The van der Waals surface area contributed by atoms with Crippen LogP contribution in [0.3, 0.4) is 0 Å². The number of nitrogens with one attached hydrogen (secondary N) is 2. The van der Waals surface area contributed by atoms with Gasteiger partial charge in [-0.2, -0.15) is 0 Å². The molecule has 0 heterocycles. The Hall–Kier alpha value is -4.22. The maximum absolute atomic E-state index is 13.0. The average molecular weight is 498 g/mol. The van der Waals surface area contributed by atoms with Gasteiger partial charge in [0.05, 0.1) is 23.3 Å². The van der Waals surface area contributed by atoms with Crippen LogP contribution in [0.25, 0.3) is 0 Å². The van der Waals surface area contributed by atoms with Crippen molar-refractivity contribution in [2.45, 2.75) is 5.75 Å². The summed E-state index contributed by atoms with van der Waals surface area (Å²) in [6.45, 7) is 3.59. The number of amides is 1. The third-order valence-corrected chi connectivity index (χ3v) is 6.04. The third-order valence-electron chi connectivity index (χ3n) is 4.72. The van der Waals surface area contributed by atoms with Crippen LogP contribution in [0.4, 0.5) is 11.4 Å². The van der Waals surface area contributed by atoms with E-state index < -0.39 is 20.9 Å². The van der Waals surface area contributed by atoms with Crippen LogP contribution in [0.2, 0.25) is 0 Å². The van der Waals surface area contributed by atoms with Crippen molar-refractivity contribution in [3.63, 3.8) is 0 Å². The molecule has 3 aromatic carbocycles. The monoisotopic (exact) mass is 497 g/mol.